The Kier molecular flexibility index (Phi) is 23.2. The van der Waals surface area contributed by atoms with E-state index in [0.717, 1.165) is 36.8 Å². The zero-order chi connectivity index (χ0) is 59.1. The predicted molar refractivity (Wildman–Crippen MR) is 294 cm³/mol. The van der Waals surface area contributed by atoms with Crippen LogP contribution in [-0.2, 0) is 60.9 Å². The van der Waals surface area contributed by atoms with Gasteiger partial charge in [0.1, 0.15) is 48.3 Å². The number of fused-ring (bicyclic) bond motifs is 1. The molecule has 9 amide bonds. The highest BCUT2D eigenvalue weighted by atomic mass is 16.4. The number of nitrogens with one attached hydrogen (secondary N) is 6. The molecule has 2 saturated carbocycles. The van der Waals surface area contributed by atoms with Crippen LogP contribution in [0.1, 0.15) is 128 Å². The van der Waals surface area contributed by atoms with E-state index < -0.39 is 139 Å². The van der Waals surface area contributed by atoms with E-state index >= 15 is 0 Å². The minimum atomic E-state index is -1.57. The van der Waals surface area contributed by atoms with E-state index in [1.165, 1.54) is 14.7 Å². The van der Waals surface area contributed by atoms with Crippen molar-refractivity contribution in [3.05, 3.63) is 35.4 Å². The maximum atomic E-state index is 14.4. The van der Waals surface area contributed by atoms with E-state index in [1.807, 2.05) is 19.9 Å². The molecule has 1 aromatic rings. The largest absolute Gasteiger partial charge is 0.480 e. The molecule has 26 heteroatoms. The molecule has 26 nitrogen and oxygen atoms in total. The Bertz CT molecular complexity index is 2460. The standard InChI is InChI=1S/C55H85N13O13/c1-4-37(61-46(72)36(56)23-30(2)3)47(73)62-38(19-11-21-59-55(57)58)51(77)66-22-12-20-40(66)53(79)68-28-35(70)25-42(68)48(74)60-26-43(71)64-44(31-13-5-6-14-31)50(76)63-39(29-69)52(78)67-27-34-18-10-9-17-33(34)24-41(67)49(75)65-45(54(80)81)32-15-7-8-16-32/h9-10,17-18,30-32,35-42,44-45,69-70H,4-8,11-16,19-29,56H2,1-3H3,(H,60,74)(H,61,72)(H,62,73)(H,63,76)(H,64,71)(H,65,75)(H,80,81)(H4,57,58,59)/t35-,36+,37+,38+,39+,40+,41-,42+,44?,45?/m1/s1. The molecule has 3 aliphatic heterocycles. The summed E-state index contributed by atoms with van der Waals surface area (Å²) in [5.74, 6) is -8.13. The zero-order valence-corrected chi connectivity index (χ0v) is 46.8. The van der Waals surface area contributed by atoms with Crippen LogP contribution < -0.4 is 49.1 Å². The number of benzene rings is 1. The number of β-amino-alcohol motifs (C(OH)–C–C–N with tert-alkyl or cyclic N) is 1. The molecular weight excluding hydrogens is 1050 g/mol. The third kappa shape index (κ3) is 16.8. The fourth-order valence-corrected chi connectivity index (χ4v) is 12.0. The van der Waals surface area contributed by atoms with Crippen molar-refractivity contribution >= 4 is 65.1 Å². The van der Waals surface area contributed by atoms with Crippen LogP contribution in [0.4, 0.5) is 0 Å². The topological polar surface area (TPSA) is 404 Å². The Labute approximate surface area is 472 Å². The van der Waals surface area contributed by atoms with Crippen molar-refractivity contribution in [1.82, 2.24) is 46.6 Å². The number of aliphatic hydroxyl groups excluding tert-OH is 2. The van der Waals surface area contributed by atoms with E-state index in [-0.39, 0.29) is 82.5 Å². The molecule has 6 rings (SSSR count). The Hall–Kier alpha value is -6.93. The number of aliphatic hydroxyl groups is 2. The maximum Gasteiger partial charge on any atom is 0.326 e. The number of amides is 9. The Morgan fingerprint density at radius 1 is 0.704 bits per heavy atom. The zero-order valence-electron chi connectivity index (χ0n) is 46.8. The van der Waals surface area contributed by atoms with Crippen LogP contribution >= 0.6 is 0 Å². The van der Waals surface area contributed by atoms with Gasteiger partial charge in [-0.05, 0) is 93.1 Å². The minimum Gasteiger partial charge on any atom is -0.480 e. The first kappa shape index (κ1) is 63.3. The van der Waals surface area contributed by atoms with Crippen molar-refractivity contribution in [2.24, 2.45) is 39.9 Å². The normalized spacial score (nSPS) is 22.3. The molecular formula is C55H85N13O13. The molecule has 0 radical (unpaired) electrons. The quantitative estimate of drug-likeness (QED) is 0.0264. The lowest BCUT2D eigenvalue weighted by Gasteiger charge is -2.38. The van der Waals surface area contributed by atoms with Crippen molar-refractivity contribution < 1.29 is 63.3 Å². The van der Waals surface area contributed by atoms with Crippen LogP contribution in [0.2, 0.25) is 0 Å². The summed E-state index contributed by atoms with van der Waals surface area (Å²) in [7, 11) is 0. The second-order valence-electron chi connectivity index (χ2n) is 22.7. The first-order chi connectivity index (χ1) is 38.6. The number of guanidine groups is 1. The van der Waals surface area contributed by atoms with E-state index in [2.05, 4.69) is 36.9 Å². The number of aliphatic carboxylic acids is 1. The van der Waals surface area contributed by atoms with Crippen molar-refractivity contribution in [3.8, 4) is 0 Å². The molecule has 81 heavy (non-hydrogen) atoms. The van der Waals surface area contributed by atoms with Gasteiger partial charge >= 0.3 is 5.97 Å². The summed E-state index contributed by atoms with van der Waals surface area (Å²) in [5.41, 5.74) is 18.6. The lowest BCUT2D eigenvalue weighted by Crippen LogP contribution is -2.62. The number of hydrogen-bond acceptors (Lipinski definition) is 14. The third-order valence-electron chi connectivity index (χ3n) is 16.3. The molecule has 15 N–H and O–H groups in total. The van der Waals surface area contributed by atoms with Gasteiger partial charge in [-0.2, -0.15) is 0 Å². The molecule has 2 unspecified atom stereocenters. The average molecular weight is 1140 g/mol. The monoisotopic (exact) mass is 1140 g/mol. The SMILES string of the molecule is CC[C@H](NC(=O)[C@@H](N)CC(C)C)C(=O)N[C@@H](CCCN=C(N)N)C(=O)N1CCC[C@H]1C(=O)N1C[C@H](O)C[C@H]1C(=O)NCC(=O)NC(C(=O)N[C@@H](CO)C(=O)N1Cc2ccccc2C[C@@H]1C(=O)NC(C(=O)O)C1CCCC1)C1CCCC1. The highest BCUT2D eigenvalue weighted by molar-refractivity contribution is 5.98. The van der Waals surface area contributed by atoms with Crippen LogP contribution in [0.15, 0.2) is 29.3 Å². The summed E-state index contributed by atoms with van der Waals surface area (Å²) in [6.07, 6.45) is 5.67. The van der Waals surface area contributed by atoms with Crippen LogP contribution in [0.25, 0.3) is 0 Å². The van der Waals surface area contributed by atoms with Gasteiger partial charge < -0.3 is 79.1 Å². The minimum absolute atomic E-state index is 0.0534. The van der Waals surface area contributed by atoms with Crippen molar-refractivity contribution in [2.75, 3.05) is 32.8 Å². The number of carboxylic acids is 1. The second-order valence-corrected chi connectivity index (χ2v) is 22.7. The molecule has 5 aliphatic rings. The summed E-state index contributed by atoms with van der Waals surface area (Å²) in [6.45, 7) is 3.90. The van der Waals surface area contributed by atoms with Crippen molar-refractivity contribution in [1.29, 1.82) is 0 Å². The smallest absolute Gasteiger partial charge is 0.326 e. The summed E-state index contributed by atoms with van der Waals surface area (Å²) in [6, 6.07) is -3.38. The van der Waals surface area contributed by atoms with E-state index in [1.54, 1.807) is 25.1 Å². The fourth-order valence-electron chi connectivity index (χ4n) is 12.0. The summed E-state index contributed by atoms with van der Waals surface area (Å²) in [4.78, 5) is 146. The lowest BCUT2D eigenvalue weighted by atomic mass is 9.91. The molecule has 448 valence electrons. The van der Waals surface area contributed by atoms with Gasteiger partial charge in [-0.15, -0.1) is 0 Å². The highest BCUT2D eigenvalue weighted by Gasteiger charge is 2.47. The molecule has 4 fully saturated rings. The van der Waals surface area contributed by atoms with Gasteiger partial charge in [0, 0.05) is 39.0 Å². The fraction of sp³-hybridized carbons (Fsp3) is 0.691. The van der Waals surface area contributed by atoms with Gasteiger partial charge in [0.05, 0.1) is 25.3 Å². The molecule has 10 atom stereocenters. The maximum absolute atomic E-state index is 14.4. The third-order valence-corrected chi connectivity index (χ3v) is 16.3. The van der Waals surface area contributed by atoms with Gasteiger partial charge in [-0.1, -0.05) is 70.7 Å². The number of hydrogen-bond donors (Lipinski definition) is 12. The summed E-state index contributed by atoms with van der Waals surface area (Å²) < 4.78 is 0. The van der Waals surface area contributed by atoms with E-state index in [4.69, 9.17) is 17.2 Å². The molecule has 3 heterocycles. The highest BCUT2D eigenvalue weighted by Crippen LogP contribution is 2.31. The molecule has 0 bridgehead atoms. The number of carbonyl (C=O) groups excluding carboxylic acids is 9. The van der Waals surface area contributed by atoms with Crippen LogP contribution in [-0.4, -0.2) is 188 Å². The van der Waals surface area contributed by atoms with Gasteiger partial charge in [-0.3, -0.25) is 48.1 Å². The molecule has 2 saturated heterocycles. The number of carboxylic acid groups (broad SMARTS) is 1. The number of likely N-dealkylation sites (tertiary alicyclic amines) is 2. The molecule has 1 aromatic carbocycles. The van der Waals surface area contributed by atoms with Crippen molar-refractivity contribution in [2.45, 2.75) is 191 Å². The van der Waals surface area contributed by atoms with E-state index in [9.17, 15) is 63.3 Å². The Balaban J connectivity index is 1.10. The lowest BCUT2D eigenvalue weighted by molar-refractivity contribution is -0.148. The van der Waals surface area contributed by atoms with Gasteiger partial charge in [0.25, 0.3) is 0 Å². The van der Waals surface area contributed by atoms with Crippen LogP contribution in [0.3, 0.4) is 0 Å². The number of rotatable bonds is 26. The number of nitrogens with two attached hydrogens (primary N) is 3. The van der Waals surface area contributed by atoms with Crippen LogP contribution in [0, 0.1) is 17.8 Å². The predicted octanol–water partition coefficient (Wildman–Crippen LogP) is -2.27. The molecule has 0 spiro atoms. The van der Waals surface area contributed by atoms with Crippen molar-refractivity contribution in [3.63, 3.8) is 0 Å². The summed E-state index contributed by atoms with van der Waals surface area (Å²) in [5, 5.41) is 47.5. The van der Waals surface area contributed by atoms with Crippen LogP contribution in [0.5, 0.6) is 0 Å². The first-order valence-corrected chi connectivity index (χ1v) is 28.7. The van der Waals surface area contributed by atoms with E-state index in [0.29, 0.717) is 38.5 Å². The number of nitrogens with zero attached hydrogens (tertiary/aromatic N) is 4. The average Bonchev–Trinajstić information content (AvgIpc) is 4.49. The molecule has 0 aromatic heterocycles. The Morgan fingerprint density at radius 2 is 1.32 bits per heavy atom. The number of carbonyl (C=O) groups is 10. The number of aliphatic imine (C=N–C) groups is 1. The first-order valence-electron chi connectivity index (χ1n) is 28.7. The van der Waals surface area contributed by atoms with Gasteiger partial charge in [0.2, 0.25) is 53.2 Å². The second kappa shape index (κ2) is 29.7. The summed E-state index contributed by atoms with van der Waals surface area (Å²) >= 11 is 0. The molecule has 2 aliphatic carbocycles. The van der Waals surface area contributed by atoms with Gasteiger partial charge in [-0.25, -0.2) is 4.79 Å². The van der Waals surface area contributed by atoms with Gasteiger partial charge in [0.15, 0.2) is 5.96 Å². The Morgan fingerprint density at radius 3 is 1.94 bits per heavy atom.